The minimum Gasteiger partial charge on any atom is -0.315 e. The van der Waals surface area contributed by atoms with Gasteiger partial charge in [-0.05, 0) is 26.1 Å². The molecule has 12 heavy (non-hydrogen) atoms. The van der Waals surface area contributed by atoms with Crippen molar-refractivity contribution in [2.24, 2.45) is 0 Å². The molecule has 1 unspecified atom stereocenters. The van der Waals surface area contributed by atoms with Crippen LogP contribution >= 0.6 is 0 Å². The van der Waals surface area contributed by atoms with Gasteiger partial charge in [-0.25, -0.2) is 0 Å². The predicted octanol–water partition coefficient (Wildman–Crippen LogP) is 0.584. The van der Waals surface area contributed by atoms with Gasteiger partial charge in [-0.3, -0.25) is 4.90 Å². The Kier molecular flexibility index (Phi) is 4.06. The minimum atomic E-state index is 0.433. The first-order valence-corrected chi connectivity index (χ1v) is 4.70. The van der Waals surface area contributed by atoms with E-state index in [-0.39, 0.29) is 0 Å². The van der Waals surface area contributed by atoms with Gasteiger partial charge >= 0.3 is 0 Å². The molecule has 1 rings (SSSR count). The van der Waals surface area contributed by atoms with E-state index >= 15 is 0 Å². The van der Waals surface area contributed by atoms with Gasteiger partial charge < -0.3 is 5.32 Å². The second-order valence-electron chi connectivity index (χ2n) is 3.20. The van der Waals surface area contributed by atoms with Gasteiger partial charge in [0.2, 0.25) is 0 Å². The van der Waals surface area contributed by atoms with E-state index in [2.05, 4.69) is 23.2 Å². The standard InChI is InChI=1S/C9H17N3/c1-2-12-7-3-6-11-8-9(12)4-5-10/h9,11H,2-4,6-8H2,1H3. The summed E-state index contributed by atoms with van der Waals surface area (Å²) in [4.78, 5) is 2.39. The molecule has 1 aliphatic rings. The summed E-state index contributed by atoms with van der Waals surface area (Å²) in [6, 6.07) is 2.68. The third kappa shape index (κ3) is 2.47. The lowest BCUT2D eigenvalue weighted by atomic mass is 10.2. The molecule has 0 amide bonds. The third-order valence-electron chi connectivity index (χ3n) is 2.43. The van der Waals surface area contributed by atoms with Gasteiger partial charge in [0.1, 0.15) is 0 Å². The molecule has 3 nitrogen and oxygen atoms in total. The Labute approximate surface area is 74.4 Å². The van der Waals surface area contributed by atoms with Gasteiger partial charge in [0.15, 0.2) is 0 Å². The molecule has 0 radical (unpaired) electrons. The van der Waals surface area contributed by atoms with Gasteiger partial charge in [0.25, 0.3) is 0 Å². The molecule has 68 valence electrons. The number of rotatable bonds is 2. The van der Waals surface area contributed by atoms with Crippen LogP contribution < -0.4 is 5.32 Å². The van der Waals surface area contributed by atoms with Crippen molar-refractivity contribution >= 4 is 0 Å². The maximum atomic E-state index is 8.62. The van der Waals surface area contributed by atoms with Crippen molar-refractivity contribution < 1.29 is 0 Å². The van der Waals surface area contributed by atoms with Crippen molar-refractivity contribution in [3.05, 3.63) is 0 Å². The van der Waals surface area contributed by atoms with Crippen LogP contribution in [0.2, 0.25) is 0 Å². The van der Waals surface area contributed by atoms with Crippen LogP contribution in [0.15, 0.2) is 0 Å². The molecule has 0 aromatic rings. The highest BCUT2D eigenvalue weighted by atomic mass is 15.2. The number of hydrogen-bond donors (Lipinski definition) is 1. The van der Waals surface area contributed by atoms with E-state index in [9.17, 15) is 0 Å². The van der Waals surface area contributed by atoms with Crippen molar-refractivity contribution in [3.8, 4) is 6.07 Å². The quantitative estimate of drug-likeness (QED) is 0.654. The van der Waals surface area contributed by atoms with Crippen molar-refractivity contribution in [1.82, 2.24) is 10.2 Å². The summed E-state index contributed by atoms with van der Waals surface area (Å²) in [5, 5.41) is 12.0. The van der Waals surface area contributed by atoms with Crippen LogP contribution in [0.25, 0.3) is 0 Å². The second kappa shape index (κ2) is 5.13. The van der Waals surface area contributed by atoms with E-state index in [0.717, 1.165) is 26.2 Å². The number of hydrogen-bond acceptors (Lipinski definition) is 3. The van der Waals surface area contributed by atoms with Crippen LogP contribution in [0.4, 0.5) is 0 Å². The van der Waals surface area contributed by atoms with E-state index in [4.69, 9.17) is 5.26 Å². The lowest BCUT2D eigenvalue weighted by molar-refractivity contribution is 0.222. The number of nitrogens with one attached hydrogen (secondary N) is 1. The summed E-state index contributed by atoms with van der Waals surface area (Å²) in [6.07, 6.45) is 1.86. The molecule has 3 heteroatoms. The van der Waals surface area contributed by atoms with Crippen LogP contribution in [-0.4, -0.2) is 37.1 Å². The van der Waals surface area contributed by atoms with Crippen LogP contribution in [-0.2, 0) is 0 Å². The van der Waals surface area contributed by atoms with Crippen molar-refractivity contribution in [1.29, 1.82) is 5.26 Å². The van der Waals surface area contributed by atoms with Gasteiger partial charge in [0, 0.05) is 12.6 Å². The van der Waals surface area contributed by atoms with Gasteiger partial charge in [-0.15, -0.1) is 0 Å². The molecule has 0 spiro atoms. The lowest BCUT2D eigenvalue weighted by Gasteiger charge is -2.26. The molecule has 0 aromatic carbocycles. The Morgan fingerprint density at radius 3 is 3.17 bits per heavy atom. The maximum Gasteiger partial charge on any atom is 0.0638 e. The molecular weight excluding hydrogens is 150 g/mol. The second-order valence-corrected chi connectivity index (χ2v) is 3.20. The monoisotopic (exact) mass is 167 g/mol. The van der Waals surface area contributed by atoms with Gasteiger partial charge in [-0.1, -0.05) is 6.92 Å². The fourth-order valence-corrected chi connectivity index (χ4v) is 1.71. The third-order valence-corrected chi connectivity index (χ3v) is 2.43. The van der Waals surface area contributed by atoms with Gasteiger partial charge in [0.05, 0.1) is 12.5 Å². The molecule has 1 aliphatic heterocycles. The van der Waals surface area contributed by atoms with Crippen LogP contribution in [0.1, 0.15) is 19.8 Å². The largest absolute Gasteiger partial charge is 0.315 e. The van der Waals surface area contributed by atoms with Crippen molar-refractivity contribution in [3.63, 3.8) is 0 Å². The zero-order chi connectivity index (χ0) is 8.81. The number of nitriles is 1. The van der Waals surface area contributed by atoms with E-state index in [0.29, 0.717) is 12.5 Å². The first-order chi connectivity index (χ1) is 5.88. The molecule has 1 heterocycles. The smallest absolute Gasteiger partial charge is 0.0638 e. The van der Waals surface area contributed by atoms with Crippen molar-refractivity contribution in [2.75, 3.05) is 26.2 Å². The molecule has 0 saturated carbocycles. The Hall–Kier alpha value is -0.590. The average molecular weight is 167 g/mol. The zero-order valence-corrected chi connectivity index (χ0v) is 7.71. The number of likely N-dealkylation sites (N-methyl/N-ethyl adjacent to an activating group) is 1. The minimum absolute atomic E-state index is 0.433. The van der Waals surface area contributed by atoms with Crippen molar-refractivity contribution in [2.45, 2.75) is 25.8 Å². The molecule has 1 atom stereocenters. The maximum absolute atomic E-state index is 8.62. The predicted molar refractivity (Wildman–Crippen MR) is 48.8 cm³/mol. The van der Waals surface area contributed by atoms with E-state index < -0.39 is 0 Å². The number of nitrogens with zero attached hydrogens (tertiary/aromatic N) is 2. The van der Waals surface area contributed by atoms with E-state index in [1.54, 1.807) is 0 Å². The Balaban J connectivity index is 2.46. The van der Waals surface area contributed by atoms with Crippen LogP contribution in [0.3, 0.4) is 0 Å². The molecule has 0 aromatic heterocycles. The highest BCUT2D eigenvalue weighted by molar-refractivity contribution is 4.85. The fraction of sp³-hybridized carbons (Fsp3) is 0.889. The average Bonchev–Trinajstić information content (AvgIpc) is 2.30. The van der Waals surface area contributed by atoms with E-state index in [1.165, 1.54) is 6.42 Å². The summed E-state index contributed by atoms with van der Waals surface area (Å²) in [7, 11) is 0. The molecule has 1 saturated heterocycles. The Bertz CT molecular complexity index is 162. The molecule has 1 fully saturated rings. The zero-order valence-electron chi connectivity index (χ0n) is 7.71. The summed E-state index contributed by atoms with van der Waals surface area (Å²) in [5.74, 6) is 0. The highest BCUT2D eigenvalue weighted by Gasteiger charge is 2.18. The van der Waals surface area contributed by atoms with Gasteiger partial charge in [-0.2, -0.15) is 5.26 Å². The Morgan fingerprint density at radius 1 is 1.67 bits per heavy atom. The normalized spacial score (nSPS) is 26.2. The van der Waals surface area contributed by atoms with E-state index in [1.807, 2.05) is 0 Å². The summed E-state index contributed by atoms with van der Waals surface area (Å²) in [5.41, 5.74) is 0. The summed E-state index contributed by atoms with van der Waals surface area (Å²) < 4.78 is 0. The molecule has 0 bridgehead atoms. The fourth-order valence-electron chi connectivity index (χ4n) is 1.71. The molecular formula is C9H17N3. The first kappa shape index (κ1) is 9.50. The van der Waals surface area contributed by atoms with Crippen LogP contribution in [0.5, 0.6) is 0 Å². The topological polar surface area (TPSA) is 39.1 Å². The summed E-state index contributed by atoms with van der Waals surface area (Å²) >= 11 is 0. The summed E-state index contributed by atoms with van der Waals surface area (Å²) in [6.45, 7) is 6.43. The first-order valence-electron chi connectivity index (χ1n) is 4.70. The Morgan fingerprint density at radius 2 is 2.50 bits per heavy atom. The highest BCUT2D eigenvalue weighted by Crippen LogP contribution is 2.06. The SMILES string of the molecule is CCN1CCCNCC1CC#N. The lowest BCUT2D eigenvalue weighted by Crippen LogP contribution is -2.39. The molecule has 0 aliphatic carbocycles. The molecule has 1 N–H and O–H groups in total. The van der Waals surface area contributed by atoms with Crippen LogP contribution in [0, 0.1) is 11.3 Å².